The quantitative estimate of drug-likeness (QED) is 0.611. The van der Waals surface area contributed by atoms with E-state index in [0.29, 0.717) is 0 Å². The summed E-state index contributed by atoms with van der Waals surface area (Å²) in [6, 6.07) is 15.2. The maximum Gasteiger partial charge on any atom is 0.0712 e. The largest absolute Gasteiger partial charge is 0.248 e. The molecule has 0 saturated carbocycles. The van der Waals surface area contributed by atoms with Crippen LogP contribution in [0, 0.1) is 20.8 Å². The van der Waals surface area contributed by atoms with E-state index in [9.17, 15) is 0 Å². The van der Waals surface area contributed by atoms with Crippen molar-refractivity contribution in [2.75, 3.05) is 0 Å². The molecule has 1 nitrogen and oxygen atoms in total. The van der Waals surface area contributed by atoms with Gasteiger partial charge >= 0.3 is 0 Å². The van der Waals surface area contributed by atoms with Crippen molar-refractivity contribution in [1.82, 2.24) is 4.98 Å². The van der Waals surface area contributed by atoms with Crippen LogP contribution in [-0.2, 0) is 6.42 Å². The normalized spacial score (nSPS) is 11.0. The summed E-state index contributed by atoms with van der Waals surface area (Å²) >= 11 is 0. The molecule has 1 heterocycles. The van der Waals surface area contributed by atoms with Crippen LogP contribution in [-0.4, -0.2) is 4.98 Å². The Balaban J connectivity index is 2.19. The highest BCUT2D eigenvalue weighted by Gasteiger charge is 2.07. The molecule has 0 aliphatic carbocycles. The smallest absolute Gasteiger partial charge is 0.0712 e. The van der Waals surface area contributed by atoms with Crippen molar-refractivity contribution in [1.29, 1.82) is 0 Å². The second-order valence-electron chi connectivity index (χ2n) is 5.77. The lowest BCUT2D eigenvalue weighted by Gasteiger charge is -2.10. The molecule has 0 radical (unpaired) electrons. The number of hydrogen-bond donors (Lipinski definition) is 0. The first-order valence-electron chi connectivity index (χ1n) is 7.57. The Morgan fingerprint density at radius 2 is 1.71 bits per heavy atom. The van der Waals surface area contributed by atoms with E-state index < -0.39 is 0 Å². The predicted octanol–water partition coefficient (Wildman–Crippen LogP) is 5.39. The topological polar surface area (TPSA) is 12.9 Å². The molecule has 1 heteroatoms. The second-order valence-corrected chi connectivity index (χ2v) is 5.77. The average Bonchev–Trinajstić information content (AvgIpc) is 2.49. The summed E-state index contributed by atoms with van der Waals surface area (Å²) in [7, 11) is 0. The monoisotopic (exact) mass is 275 g/mol. The molecule has 0 unspecified atom stereocenters. The summed E-state index contributed by atoms with van der Waals surface area (Å²) < 4.78 is 0. The van der Waals surface area contributed by atoms with Gasteiger partial charge in [0.1, 0.15) is 0 Å². The van der Waals surface area contributed by atoms with E-state index in [4.69, 9.17) is 4.98 Å². The van der Waals surface area contributed by atoms with Crippen molar-refractivity contribution in [2.24, 2.45) is 0 Å². The molecule has 0 fully saturated rings. The molecule has 0 bridgehead atoms. The van der Waals surface area contributed by atoms with Crippen LogP contribution in [0.1, 0.15) is 29.2 Å². The Labute approximate surface area is 126 Å². The van der Waals surface area contributed by atoms with Crippen LogP contribution in [0.4, 0.5) is 0 Å². The number of pyridine rings is 1. The lowest BCUT2D eigenvalue weighted by atomic mass is 9.99. The predicted molar refractivity (Wildman–Crippen MR) is 90.8 cm³/mol. The van der Waals surface area contributed by atoms with Crippen LogP contribution in [0.15, 0.2) is 42.5 Å². The third kappa shape index (κ3) is 2.44. The molecule has 1 aromatic heterocycles. The minimum Gasteiger partial charge on any atom is -0.248 e. The van der Waals surface area contributed by atoms with Gasteiger partial charge < -0.3 is 0 Å². The van der Waals surface area contributed by atoms with E-state index in [1.165, 1.54) is 33.2 Å². The molecule has 3 rings (SSSR count). The van der Waals surface area contributed by atoms with E-state index in [0.717, 1.165) is 17.6 Å². The average molecular weight is 275 g/mol. The van der Waals surface area contributed by atoms with Gasteiger partial charge in [0, 0.05) is 10.9 Å². The van der Waals surface area contributed by atoms with Gasteiger partial charge in [-0.1, -0.05) is 31.2 Å². The summed E-state index contributed by atoms with van der Waals surface area (Å²) in [5.41, 5.74) is 8.74. The fourth-order valence-corrected chi connectivity index (χ4v) is 2.88. The zero-order valence-electron chi connectivity index (χ0n) is 13.2. The Hall–Kier alpha value is -2.15. The summed E-state index contributed by atoms with van der Waals surface area (Å²) in [4.78, 5) is 4.88. The molecule has 2 aromatic carbocycles. The minimum atomic E-state index is 1.06. The Morgan fingerprint density at radius 1 is 0.905 bits per heavy atom. The van der Waals surface area contributed by atoms with Crippen LogP contribution in [0.25, 0.3) is 22.2 Å². The van der Waals surface area contributed by atoms with Gasteiger partial charge in [0.05, 0.1) is 11.2 Å². The molecule has 0 amide bonds. The maximum atomic E-state index is 4.88. The number of fused-ring (bicyclic) bond motifs is 1. The van der Waals surface area contributed by atoms with E-state index in [1.807, 2.05) is 0 Å². The van der Waals surface area contributed by atoms with Crippen LogP contribution in [0.3, 0.4) is 0 Å². The fourth-order valence-electron chi connectivity index (χ4n) is 2.88. The summed E-state index contributed by atoms with van der Waals surface area (Å²) in [6.45, 7) is 8.69. The number of benzene rings is 2. The fraction of sp³-hybridized carbons (Fsp3) is 0.250. The van der Waals surface area contributed by atoms with Crippen molar-refractivity contribution in [2.45, 2.75) is 34.1 Å². The molecule has 0 spiro atoms. The van der Waals surface area contributed by atoms with Gasteiger partial charge in [0.15, 0.2) is 0 Å². The zero-order chi connectivity index (χ0) is 15.0. The highest BCUT2D eigenvalue weighted by atomic mass is 14.7. The van der Waals surface area contributed by atoms with E-state index in [-0.39, 0.29) is 0 Å². The molecule has 106 valence electrons. The molecule has 0 aliphatic rings. The number of aromatic nitrogens is 1. The van der Waals surface area contributed by atoms with E-state index in [2.05, 4.69) is 70.2 Å². The zero-order valence-corrected chi connectivity index (χ0v) is 13.2. The number of aryl methyl sites for hydroxylation is 3. The van der Waals surface area contributed by atoms with Crippen molar-refractivity contribution >= 4 is 10.9 Å². The first kappa shape index (κ1) is 13.8. The summed E-state index contributed by atoms with van der Waals surface area (Å²) in [5.74, 6) is 0. The first-order chi connectivity index (χ1) is 10.1. The summed E-state index contributed by atoms with van der Waals surface area (Å²) in [5, 5.41) is 1.23. The maximum absolute atomic E-state index is 4.88. The molecular weight excluding hydrogens is 254 g/mol. The van der Waals surface area contributed by atoms with Gasteiger partial charge in [0.25, 0.3) is 0 Å². The van der Waals surface area contributed by atoms with Gasteiger partial charge in [-0.25, -0.2) is 4.98 Å². The highest BCUT2D eigenvalue weighted by Crippen LogP contribution is 2.27. The summed E-state index contributed by atoms with van der Waals surface area (Å²) in [6.07, 6.45) is 1.07. The van der Waals surface area contributed by atoms with Gasteiger partial charge in [-0.05, 0) is 67.6 Å². The number of nitrogens with zero attached hydrogens (tertiary/aromatic N) is 1. The van der Waals surface area contributed by atoms with Gasteiger partial charge in [0.2, 0.25) is 0 Å². The minimum absolute atomic E-state index is 1.06. The second kappa shape index (κ2) is 5.33. The van der Waals surface area contributed by atoms with Crippen LogP contribution in [0.2, 0.25) is 0 Å². The van der Waals surface area contributed by atoms with Crippen molar-refractivity contribution in [3.8, 4) is 11.3 Å². The Morgan fingerprint density at radius 3 is 2.48 bits per heavy atom. The van der Waals surface area contributed by atoms with Gasteiger partial charge in [-0.15, -0.1) is 0 Å². The van der Waals surface area contributed by atoms with E-state index in [1.54, 1.807) is 0 Å². The Bertz CT molecular complexity index is 815. The lowest BCUT2D eigenvalue weighted by Crippen LogP contribution is -1.93. The molecule has 0 atom stereocenters. The van der Waals surface area contributed by atoms with Crippen LogP contribution >= 0.6 is 0 Å². The highest BCUT2D eigenvalue weighted by molar-refractivity contribution is 5.83. The molecular formula is C20H21N. The number of rotatable bonds is 2. The third-order valence-electron chi connectivity index (χ3n) is 4.41. The molecule has 0 saturated heterocycles. The lowest BCUT2D eigenvalue weighted by molar-refractivity contribution is 1.11. The SMILES string of the molecule is CCc1cc2ccc(-c3cccc(C)c3C)nc2cc1C. The number of hydrogen-bond acceptors (Lipinski definition) is 1. The molecule has 3 aromatic rings. The standard InChI is InChI=1S/C20H21N/c1-5-16-12-17-9-10-19(21-20(17)11-14(16)3)18-8-6-7-13(2)15(18)4/h6-12H,5H2,1-4H3. The van der Waals surface area contributed by atoms with Crippen molar-refractivity contribution in [3.05, 3.63) is 64.7 Å². The van der Waals surface area contributed by atoms with Crippen LogP contribution in [0.5, 0.6) is 0 Å². The molecule has 0 N–H and O–H groups in total. The molecule has 0 aliphatic heterocycles. The van der Waals surface area contributed by atoms with Gasteiger partial charge in [-0.3, -0.25) is 0 Å². The molecule has 21 heavy (non-hydrogen) atoms. The first-order valence-corrected chi connectivity index (χ1v) is 7.57. The van der Waals surface area contributed by atoms with Crippen LogP contribution < -0.4 is 0 Å². The third-order valence-corrected chi connectivity index (χ3v) is 4.41. The van der Waals surface area contributed by atoms with Gasteiger partial charge in [-0.2, -0.15) is 0 Å². The van der Waals surface area contributed by atoms with Crippen molar-refractivity contribution < 1.29 is 0 Å². The van der Waals surface area contributed by atoms with Crippen molar-refractivity contribution in [3.63, 3.8) is 0 Å². The Kier molecular flexibility index (Phi) is 3.50. The van der Waals surface area contributed by atoms with E-state index >= 15 is 0 Å².